The zero-order valence-corrected chi connectivity index (χ0v) is 13.3. The molecule has 0 unspecified atom stereocenters. The van der Waals surface area contributed by atoms with Crippen LogP contribution in [-0.2, 0) is 14.3 Å². The number of benzene rings is 2. The minimum absolute atomic E-state index is 0.323. The van der Waals surface area contributed by atoms with E-state index in [1.807, 2.05) is 0 Å². The maximum absolute atomic E-state index is 11.9. The van der Waals surface area contributed by atoms with E-state index in [0.717, 1.165) is 11.1 Å². The topological polar surface area (TPSA) is 95.7 Å². The fourth-order valence-electron chi connectivity index (χ4n) is 1.97. The summed E-state index contributed by atoms with van der Waals surface area (Å²) in [7, 11) is 0. The Bertz CT molecular complexity index is 750. The molecule has 0 saturated heterocycles. The summed E-state index contributed by atoms with van der Waals surface area (Å²) in [5.41, 5.74) is 7.16. The summed E-state index contributed by atoms with van der Waals surface area (Å²) in [5, 5.41) is 0. The van der Waals surface area contributed by atoms with E-state index in [-0.39, 0.29) is 5.97 Å². The molecule has 124 valence electrons. The van der Waals surface area contributed by atoms with Crippen LogP contribution in [0, 0.1) is 0 Å². The summed E-state index contributed by atoms with van der Waals surface area (Å²) in [6, 6.07) is 13.7. The molecule has 0 aliphatic rings. The molecule has 2 aromatic rings. The number of ether oxygens (including phenoxy) is 2. The molecule has 0 saturated carbocycles. The van der Waals surface area contributed by atoms with Crippen molar-refractivity contribution >= 4 is 17.8 Å². The summed E-state index contributed by atoms with van der Waals surface area (Å²) in [4.78, 5) is 33.7. The molecule has 0 bridgehead atoms. The second kappa shape index (κ2) is 7.41. The van der Waals surface area contributed by atoms with Crippen molar-refractivity contribution in [2.24, 2.45) is 5.73 Å². The number of nitrogens with two attached hydrogens (primary N) is 1. The third-order valence-corrected chi connectivity index (χ3v) is 3.25. The van der Waals surface area contributed by atoms with Crippen LogP contribution in [0.1, 0.15) is 24.2 Å². The zero-order valence-electron chi connectivity index (χ0n) is 13.3. The van der Waals surface area contributed by atoms with Crippen LogP contribution >= 0.6 is 0 Å². The molecule has 0 aromatic heterocycles. The van der Waals surface area contributed by atoms with E-state index < -0.39 is 18.0 Å². The van der Waals surface area contributed by atoms with E-state index in [2.05, 4.69) is 0 Å². The quantitative estimate of drug-likeness (QED) is 0.671. The first kappa shape index (κ1) is 17.2. The lowest BCUT2D eigenvalue weighted by Gasteiger charge is -2.10. The summed E-state index contributed by atoms with van der Waals surface area (Å²) in [6.45, 7) is 2.75. The Morgan fingerprint density at radius 3 is 1.88 bits per heavy atom. The number of hydrogen-bond acceptors (Lipinski definition) is 5. The van der Waals surface area contributed by atoms with Gasteiger partial charge in [-0.25, -0.2) is 4.79 Å². The molecule has 1 atom stereocenters. The summed E-state index contributed by atoms with van der Waals surface area (Å²) in [5.74, 6) is -1.23. The lowest BCUT2D eigenvalue weighted by Crippen LogP contribution is -2.30. The number of esters is 2. The van der Waals surface area contributed by atoms with Gasteiger partial charge in [0.1, 0.15) is 5.75 Å². The van der Waals surface area contributed by atoms with Gasteiger partial charge in [0.05, 0.1) is 5.56 Å². The molecule has 6 nitrogen and oxygen atoms in total. The summed E-state index contributed by atoms with van der Waals surface area (Å²) < 4.78 is 9.91. The Hall–Kier alpha value is -3.15. The molecule has 0 aliphatic carbocycles. The van der Waals surface area contributed by atoms with Gasteiger partial charge in [-0.15, -0.1) is 0 Å². The third kappa shape index (κ3) is 4.42. The Morgan fingerprint density at radius 2 is 1.42 bits per heavy atom. The van der Waals surface area contributed by atoms with Crippen LogP contribution in [0.4, 0.5) is 0 Å². The van der Waals surface area contributed by atoms with Crippen LogP contribution in [0.3, 0.4) is 0 Å². The first-order valence-electron chi connectivity index (χ1n) is 7.26. The predicted molar refractivity (Wildman–Crippen MR) is 87.3 cm³/mol. The second-order valence-electron chi connectivity index (χ2n) is 5.15. The van der Waals surface area contributed by atoms with Crippen LogP contribution in [0.2, 0.25) is 0 Å². The van der Waals surface area contributed by atoms with Gasteiger partial charge in [-0.2, -0.15) is 0 Å². The maximum atomic E-state index is 11.9. The minimum atomic E-state index is -0.981. The first-order chi connectivity index (χ1) is 11.4. The number of primary amides is 1. The third-order valence-electron chi connectivity index (χ3n) is 3.25. The lowest BCUT2D eigenvalue weighted by molar-refractivity contribution is -0.131. The zero-order chi connectivity index (χ0) is 17.7. The Morgan fingerprint density at radius 1 is 0.917 bits per heavy atom. The molecule has 0 fully saturated rings. The van der Waals surface area contributed by atoms with E-state index in [9.17, 15) is 14.4 Å². The van der Waals surface area contributed by atoms with Gasteiger partial charge in [0, 0.05) is 6.92 Å². The molecule has 6 heteroatoms. The van der Waals surface area contributed by atoms with E-state index >= 15 is 0 Å². The van der Waals surface area contributed by atoms with Crippen LogP contribution < -0.4 is 10.5 Å². The second-order valence-corrected chi connectivity index (χ2v) is 5.15. The number of carbonyl (C=O) groups excluding carboxylic acids is 3. The molecule has 0 spiro atoms. The highest BCUT2D eigenvalue weighted by atomic mass is 16.5. The lowest BCUT2D eigenvalue weighted by atomic mass is 10.0. The highest BCUT2D eigenvalue weighted by molar-refractivity contribution is 5.92. The smallest absolute Gasteiger partial charge is 0.338 e. The molecule has 24 heavy (non-hydrogen) atoms. The van der Waals surface area contributed by atoms with Crippen LogP contribution in [0.5, 0.6) is 5.75 Å². The number of carbonyl (C=O) groups is 3. The van der Waals surface area contributed by atoms with E-state index in [0.29, 0.717) is 11.3 Å². The average molecular weight is 327 g/mol. The number of rotatable bonds is 5. The molecule has 0 heterocycles. The van der Waals surface area contributed by atoms with Crippen LogP contribution in [0.15, 0.2) is 48.5 Å². The predicted octanol–water partition coefficient (Wildman–Crippen LogP) is 2.31. The Balaban J connectivity index is 2.10. The maximum Gasteiger partial charge on any atom is 0.338 e. The van der Waals surface area contributed by atoms with Gasteiger partial charge in [-0.3, -0.25) is 9.59 Å². The standard InChI is InChI=1S/C18H17NO5/c1-11(17(19)21)23-18(22)15-5-3-13(4-6-15)14-7-9-16(10-8-14)24-12(2)20/h3-11H,1-2H3,(H2,19,21)/t11-/m1/s1. The van der Waals surface area contributed by atoms with Gasteiger partial charge in [-0.05, 0) is 42.3 Å². The number of amides is 1. The Labute approximate surface area is 139 Å². The monoisotopic (exact) mass is 327 g/mol. The molecule has 2 N–H and O–H groups in total. The molecular weight excluding hydrogens is 310 g/mol. The first-order valence-corrected chi connectivity index (χ1v) is 7.26. The molecule has 0 aliphatic heterocycles. The van der Waals surface area contributed by atoms with Gasteiger partial charge in [-0.1, -0.05) is 24.3 Å². The summed E-state index contributed by atoms with van der Waals surface area (Å²) in [6.07, 6.45) is -0.981. The van der Waals surface area contributed by atoms with Gasteiger partial charge in [0.2, 0.25) is 0 Å². The highest BCUT2D eigenvalue weighted by Gasteiger charge is 2.16. The van der Waals surface area contributed by atoms with Gasteiger partial charge >= 0.3 is 11.9 Å². The normalized spacial score (nSPS) is 11.4. The fourth-order valence-corrected chi connectivity index (χ4v) is 1.97. The minimum Gasteiger partial charge on any atom is -0.449 e. The van der Waals surface area contributed by atoms with Crippen molar-refractivity contribution in [1.82, 2.24) is 0 Å². The van der Waals surface area contributed by atoms with E-state index in [1.54, 1.807) is 48.5 Å². The van der Waals surface area contributed by atoms with E-state index in [4.69, 9.17) is 15.2 Å². The van der Waals surface area contributed by atoms with Crippen molar-refractivity contribution in [1.29, 1.82) is 0 Å². The van der Waals surface area contributed by atoms with Crippen molar-refractivity contribution < 1.29 is 23.9 Å². The highest BCUT2D eigenvalue weighted by Crippen LogP contribution is 2.23. The van der Waals surface area contributed by atoms with Crippen molar-refractivity contribution in [3.63, 3.8) is 0 Å². The van der Waals surface area contributed by atoms with Crippen LogP contribution in [-0.4, -0.2) is 23.9 Å². The molecule has 2 rings (SSSR count). The molecule has 0 radical (unpaired) electrons. The van der Waals surface area contributed by atoms with Gasteiger partial charge < -0.3 is 15.2 Å². The van der Waals surface area contributed by atoms with Crippen molar-refractivity contribution in [3.05, 3.63) is 54.1 Å². The SMILES string of the molecule is CC(=O)Oc1ccc(-c2ccc(C(=O)O[C@H](C)C(N)=O)cc2)cc1. The van der Waals surface area contributed by atoms with Gasteiger partial charge in [0.25, 0.3) is 5.91 Å². The average Bonchev–Trinajstić information content (AvgIpc) is 2.55. The van der Waals surface area contributed by atoms with Crippen molar-refractivity contribution in [2.45, 2.75) is 20.0 Å². The fraction of sp³-hybridized carbons (Fsp3) is 0.167. The van der Waals surface area contributed by atoms with Crippen LogP contribution in [0.25, 0.3) is 11.1 Å². The molecular formula is C18H17NO5. The summed E-state index contributed by atoms with van der Waals surface area (Å²) >= 11 is 0. The van der Waals surface area contributed by atoms with Crippen molar-refractivity contribution in [2.75, 3.05) is 0 Å². The van der Waals surface area contributed by atoms with Gasteiger partial charge in [0.15, 0.2) is 6.10 Å². The molecule has 2 aromatic carbocycles. The van der Waals surface area contributed by atoms with Crippen molar-refractivity contribution in [3.8, 4) is 16.9 Å². The largest absolute Gasteiger partial charge is 0.449 e. The van der Waals surface area contributed by atoms with E-state index in [1.165, 1.54) is 13.8 Å². The number of hydrogen-bond donors (Lipinski definition) is 1. The Kier molecular flexibility index (Phi) is 5.31. The molecule has 1 amide bonds.